The fourth-order valence-electron chi connectivity index (χ4n) is 1.86. The van der Waals surface area contributed by atoms with Crippen LogP contribution in [-0.4, -0.2) is 17.9 Å². The van der Waals surface area contributed by atoms with Gasteiger partial charge in [-0.3, -0.25) is 9.59 Å². The third kappa shape index (κ3) is 5.00. The summed E-state index contributed by atoms with van der Waals surface area (Å²) in [6, 6.07) is 13.5. The van der Waals surface area contributed by atoms with Crippen LogP contribution >= 0.6 is 11.6 Å². The minimum absolute atomic E-state index is 0.0478. The number of nitrogens with one attached hydrogen (secondary N) is 2. The van der Waals surface area contributed by atoms with E-state index in [9.17, 15) is 9.59 Å². The molecule has 0 heterocycles. The van der Waals surface area contributed by atoms with Gasteiger partial charge in [0.2, 0.25) is 0 Å². The van der Waals surface area contributed by atoms with Crippen LogP contribution in [0.2, 0.25) is 5.02 Å². The normalized spacial score (nSPS) is 10.3. The molecule has 0 unspecified atom stereocenters. The maximum Gasteiger partial charge on any atom is 0.314 e. The molecule has 0 atom stereocenters. The highest BCUT2D eigenvalue weighted by Crippen LogP contribution is 2.24. The van der Waals surface area contributed by atoms with E-state index in [1.807, 2.05) is 13.8 Å². The molecule has 2 rings (SSSR count). The molecule has 23 heavy (non-hydrogen) atoms. The number of hydrogen-bond acceptors (Lipinski definition) is 3. The quantitative estimate of drug-likeness (QED) is 0.839. The number of rotatable bonds is 4. The number of ether oxygens (including phenoxy) is 1. The van der Waals surface area contributed by atoms with Crippen LogP contribution < -0.4 is 15.4 Å². The molecule has 0 saturated heterocycles. The number of benzene rings is 2. The Morgan fingerprint density at radius 3 is 2.39 bits per heavy atom. The maximum atomic E-state index is 12.0. The van der Waals surface area contributed by atoms with Crippen molar-refractivity contribution in [1.82, 2.24) is 0 Å². The molecule has 2 N–H and O–H groups in total. The summed E-state index contributed by atoms with van der Waals surface area (Å²) in [7, 11) is 0. The van der Waals surface area contributed by atoms with E-state index in [1.54, 1.807) is 48.5 Å². The van der Waals surface area contributed by atoms with Gasteiger partial charge in [-0.2, -0.15) is 0 Å². The van der Waals surface area contributed by atoms with Crippen molar-refractivity contribution in [2.24, 2.45) is 0 Å². The van der Waals surface area contributed by atoms with E-state index in [0.717, 1.165) is 0 Å². The molecule has 0 fully saturated rings. The molecule has 0 saturated carbocycles. The van der Waals surface area contributed by atoms with Crippen molar-refractivity contribution in [2.75, 3.05) is 10.6 Å². The summed E-state index contributed by atoms with van der Waals surface area (Å²) in [6.07, 6.45) is -0.0478. The summed E-state index contributed by atoms with van der Waals surface area (Å²) in [5.41, 5.74) is 0.886. The second-order valence-corrected chi connectivity index (χ2v) is 5.52. The van der Waals surface area contributed by atoms with Gasteiger partial charge in [-0.05, 0) is 44.2 Å². The molecule has 2 amide bonds. The lowest BCUT2D eigenvalue weighted by molar-refractivity contribution is -0.133. The predicted octanol–water partition coefficient (Wildman–Crippen LogP) is 3.70. The van der Waals surface area contributed by atoms with Crippen molar-refractivity contribution in [3.63, 3.8) is 0 Å². The number of amides is 2. The minimum atomic E-state index is -0.787. The summed E-state index contributed by atoms with van der Waals surface area (Å²) in [5, 5.41) is 5.50. The molecule has 0 aliphatic rings. The topological polar surface area (TPSA) is 67.4 Å². The van der Waals surface area contributed by atoms with Gasteiger partial charge in [-0.15, -0.1) is 0 Å². The SMILES string of the molecule is CC(C)Oc1ccccc1NC(=O)C(=O)Nc1cccc(Cl)c1. The Morgan fingerprint density at radius 1 is 1.00 bits per heavy atom. The lowest BCUT2D eigenvalue weighted by atomic mass is 10.2. The average molecular weight is 333 g/mol. The van der Waals surface area contributed by atoms with E-state index < -0.39 is 11.8 Å². The molecule has 0 radical (unpaired) electrons. The first-order valence-corrected chi connectivity index (χ1v) is 7.47. The largest absolute Gasteiger partial charge is 0.489 e. The Hall–Kier alpha value is -2.53. The van der Waals surface area contributed by atoms with Crippen molar-refractivity contribution in [1.29, 1.82) is 0 Å². The predicted molar refractivity (Wildman–Crippen MR) is 90.9 cm³/mol. The number of anilines is 2. The fourth-order valence-corrected chi connectivity index (χ4v) is 2.05. The smallest absolute Gasteiger partial charge is 0.314 e. The third-order valence-corrected chi connectivity index (χ3v) is 3.02. The zero-order valence-electron chi connectivity index (χ0n) is 12.8. The number of halogens is 1. The van der Waals surface area contributed by atoms with Crippen LogP contribution in [0.15, 0.2) is 48.5 Å². The zero-order chi connectivity index (χ0) is 16.8. The van der Waals surface area contributed by atoms with Crippen LogP contribution in [0, 0.1) is 0 Å². The van der Waals surface area contributed by atoms with Crippen LogP contribution in [0.3, 0.4) is 0 Å². The van der Waals surface area contributed by atoms with Gasteiger partial charge in [0.1, 0.15) is 5.75 Å². The van der Waals surface area contributed by atoms with Gasteiger partial charge in [-0.25, -0.2) is 0 Å². The van der Waals surface area contributed by atoms with Crippen molar-refractivity contribution in [3.05, 3.63) is 53.6 Å². The number of carbonyl (C=O) groups excluding carboxylic acids is 2. The second-order valence-electron chi connectivity index (χ2n) is 5.08. The van der Waals surface area contributed by atoms with Gasteiger partial charge in [0.05, 0.1) is 11.8 Å². The van der Waals surface area contributed by atoms with E-state index >= 15 is 0 Å². The van der Waals surface area contributed by atoms with Crippen molar-refractivity contribution < 1.29 is 14.3 Å². The first-order valence-electron chi connectivity index (χ1n) is 7.09. The zero-order valence-corrected chi connectivity index (χ0v) is 13.6. The Kier molecular flexibility index (Phi) is 5.60. The van der Waals surface area contributed by atoms with E-state index in [-0.39, 0.29) is 6.10 Å². The molecule has 0 aliphatic carbocycles. The Bertz CT molecular complexity index is 716. The molecular weight excluding hydrogens is 316 g/mol. The van der Waals surface area contributed by atoms with E-state index in [4.69, 9.17) is 16.3 Å². The standard InChI is InChI=1S/C17H17ClN2O3/c1-11(2)23-15-9-4-3-8-14(15)20-17(22)16(21)19-13-7-5-6-12(18)10-13/h3-11H,1-2H3,(H,19,21)(H,20,22). The van der Waals surface area contributed by atoms with Crippen LogP contribution in [0.5, 0.6) is 5.75 Å². The molecule has 5 nitrogen and oxygen atoms in total. The Balaban J connectivity index is 2.05. The van der Waals surface area contributed by atoms with Crippen LogP contribution in [-0.2, 0) is 9.59 Å². The minimum Gasteiger partial charge on any atom is -0.489 e. The second kappa shape index (κ2) is 7.65. The first kappa shape index (κ1) is 16.8. The van der Waals surface area contributed by atoms with Gasteiger partial charge < -0.3 is 15.4 Å². The highest BCUT2D eigenvalue weighted by Gasteiger charge is 2.16. The highest BCUT2D eigenvalue weighted by molar-refractivity contribution is 6.44. The van der Waals surface area contributed by atoms with Crippen LogP contribution in [0.4, 0.5) is 11.4 Å². The van der Waals surface area contributed by atoms with E-state index in [1.165, 1.54) is 0 Å². The monoisotopic (exact) mass is 332 g/mol. The maximum absolute atomic E-state index is 12.0. The summed E-state index contributed by atoms with van der Waals surface area (Å²) in [5.74, 6) is -1.07. The lowest BCUT2D eigenvalue weighted by Gasteiger charge is -2.14. The van der Waals surface area contributed by atoms with Gasteiger partial charge >= 0.3 is 11.8 Å². The number of para-hydroxylation sites is 2. The van der Waals surface area contributed by atoms with Crippen molar-refractivity contribution in [3.8, 4) is 5.75 Å². The molecule has 2 aromatic carbocycles. The Labute approximate surface area is 139 Å². The third-order valence-electron chi connectivity index (χ3n) is 2.79. The summed E-state index contributed by atoms with van der Waals surface area (Å²) in [6.45, 7) is 3.76. The van der Waals surface area contributed by atoms with Crippen LogP contribution in [0.25, 0.3) is 0 Å². The molecule has 0 bridgehead atoms. The fraction of sp³-hybridized carbons (Fsp3) is 0.176. The molecule has 6 heteroatoms. The van der Waals surface area contributed by atoms with Gasteiger partial charge in [0.15, 0.2) is 0 Å². The molecule has 0 aliphatic heterocycles. The average Bonchev–Trinajstić information content (AvgIpc) is 2.48. The van der Waals surface area contributed by atoms with Gasteiger partial charge in [0.25, 0.3) is 0 Å². The Morgan fingerprint density at radius 2 is 1.70 bits per heavy atom. The van der Waals surface area contributed by atoms with E-state index in [2.05, 4.69) is 10.6 Å². The summed E-state index contributed by atoms with van der Waals surface area (Å²) < 4.78 is 5.60. The van der Waals surface area contributed by atoms with E-state index in [0.29, 0.717) is 22.1 Å². The van der Waals surface area contributed by atoms with Crippen molar-refractivity contribution >= 4 is 34.8 Å². The molecule has 0 spiro atoms. The lowest BCUT2D eigenvalue weighted by Crippen LogP contribution is -2.29. The first-order chi connectivity index (χ1) is 11.0. The van der Waals surface area contributed by atoms with Gasteiger partial charge in [-0.1, -0.05) is 29.8 Å². The summed E-state index contributed by atoms with van der Waals surface area (Å²) in [4.78, 5) is 24.0. The molecular formula is C17H17ClN2O3. The number of carbonyl (C=O) groups is 2. The summed E-state index contributed by atoms with van der Waals surface area (Å²) >= 11 is 5.84. The van der Waals surface area contributed by atoms with Gasteiger partial charge in [0, 0.05) is 10.7 Å². The highest BCUT2D eigenvalue weighted by atomic mass is 35.5. The number of hydrogen-bond donors (Lipinski definition) is 2. The van der Waals surface area contributed by atoms with Crippen LogP contribution in [0.1, 0.15) is 13.8 Å². The molecule has 2 aromatic rings. The molecule has 120 valence electrons. The van der Waals surface area contributed by atoms with Crippen molar-refractivity contribution in [2.45, 2.75) is 20.0 Å². The molecule has 0 aromatic heterocycles.